The molecule has 3 aromatic carbocycles. The average Bonchev–Trinajstić information content (AvgIpc) is 2.64. The fourth-order valence-electron chi connectivity index (χ4n) is 2.90. The summed E-state index contributed by atoms with van der Waals surface area (Å²) >= 11 is 0. The van der Waals surface area contributed by atoms with Crippen molar-refractivity contribution in [3.8, 4) is 0 Å². The maximum Gasteiger partial charge on any atom is 0.123 e. The van der Waals surface area contributed by atoms with E-state index in [0.29, 0.717) is 0 Å². The number of nitrogens with zero attached hydrogens (tertiary/aromatic N) is 1. The van der Waals surface area contributed by atoms with Crippen LogP contribution in [0.4, 0.5) is 4.39 Å². The van der Waals surface area contributed by atoms with Crippen LogP contribution in [0.2, 0.25) is 0 Å². The molecule has 0 saturated heterocycles. The van der Waals surface area contributed by atoms with Crippen molar-refractivity contribution in [3.05, 3.63) is 114 Å². The Morgan fingerprint density at radius 3 is 1.68 bits per heavy atom. The second kappa shape index (κ2) is 8.41. The van der Waals surface area contributed by atoms with Gasteiger partial charge in [0.1, 0.15) is 5.82 Å². The fourth-order valence-corrected chi connectivity index (χ4v) is 2.90. The monoisotopic (exact) mass is 331 g/mol. The summed E-state index contributed by atoms with van der Waals surface area (Å²) in [7, 11) is 0. The van der Waals surface area contributed by atoms with E-state index in [2.05, 4.69) is 60.0 Å². The molecule has 0 aliphatic heterocycles. The lowest BCUT2D eigenvalue weighted by Crippen LogP contribution is -2.24. The van der Waals surface area contributed by atoms with E-state index in [1.807, 2.05) is 12.1 Å². The van der Waals surface area contributed by atoms with Gasteiger partial charge in [-0.1, -0.05) is 79.4 Å². The van der Waals surface area contributed by atoms with Crippen LogP contribution in [0.15, 0.2) is 91.5 Å². The van der Waals surface area contributed by atoms with Crippen LogP contribution in [0.3, 0.4) is 0 Å². The van der Waals surface area contributed by atoms with Crippen molar-refractivity contribution >= 4 is 5.57 Å². The first kappa shape index (κ1) is 17.1. The lowest BCUT2D eigenvalue weighted by Gasteiger charge is -2.24. The second-order valence-electron chi connectivity index (χ2n) is 6.23. The maximum atomic E-state index is 13.1. The van der Waals surface area contributed by atoms with E-state index in [-0.39, 0.29) is 5.82 Å². The standard InChI is InChI=1S/C23H22FN/c1-19(22-12-14-23(24)15-13-22)16-25(17-20-8-4-2-5-9-20)18-21-10-6-3-7-11-21/h2-15H,1,16-18H2. The molecule has 25 heavy (non-hydrogen) atoms. The molecule has 3 rings (SSSR count). The molecule has 0 aliphatic rings. The van der Waals surface area contributed by atoms with Crippen LogP contribution < -0.4 is 0 Å². The zero-order chi connectivity index (χ0) is 17.5. The van der Waals surface area contributed by atoms with Gasteiger partial charge in [-0.05, 0) is 34.4 Å². The molecule has 2 heteroatoms. The van der Waals surface area contributed by atoms with E-state index < -0.39 is 0 Å². The molecule has 0 radical (unpaired) electrons. The van der Waals surface area contributed by atoms with Crippen LogP contribution >= 0.6 is 0 Å². The van der Waals surface area contributed by atoms with E-state index in [4.69, 9.17) is 0 Å². The van der Waals surface area contributed by atoms with E-state index in [0.717, 1.165) is 30.8 Å². The average molecular weight is 331 g/mol. The number of rotatable bonds is 7. The third kappa shape index (κ3) is 5.13. The molecule has 0 saturated carbocycles. The zero-order valence-corrected chi connectivity index (χ0v) is 14.2. The lowest BCUT2D eigenvalue weighted by atomic mass is 10.1. The Kier molecular flexibility index (Phi) is 5.76. The second-order valence-corrected chi connectivity index (χ2v) is 6.23. The highest BCUT2D eigenvalue weighted by Gasteiger charge is 2.10. The number of benzene rings is 3. The van der Waals surface area contributed by atoms with Crippen molar-refractivity contribution in [2.75, 3.05) is 6.54 Å². The molecule has 0 amide bonds. The van der Waals surface area contributed by atoms with E-state index in [9.17, 15) is 4.39 Å². The van der Waals surface area contributed by atoms with Crippen molar-refractivity contribution < 1.29 is 4.39 Å². The molecule has 0 fully saturated rings. The van der Waals surface area contributed by atoms with E-state index in [1.165, 1.54) is 23.3 Å². The minimum absolute atomic E-state index is 0.220. The maximum absolute atomic E-state index is 13.1. The zero-order valence-electron chi connectivity index (χ0n) is 14.2. The number of hydrogen-bond acceptors (Lipinski definition) is 1. The van der Waals surface area contributed by atoms with Crippen LogP contribution in [0, 0.1) is 5.82 Å². The molecule has 3 aromatic rings. The highest BCUT2D eigenvalue weighted by atomic mass is 19.1. The SMILES string of the molecule is C=C(CN(Cc1ccccc1)Cc1ccccc1)c1ccc(F)cc1. The number of hydrogen-bond donors (Lipinski definition) is 0. The molecule has 0 unspecified atom stereocenters. The van der Waals surface area contributed by atoms with E-state index >= 15 is 0 Å². The summed E-state index contributed by atoms with van der Waals surface area (Å²) in [6.07, 6.45) is 0. The molecule has 0 N–H and O–H groups in total. The first-order valence-corrected chi connectivity index (χ1v) is 8.44. The third-order valence-corrected chi connectivity index (χ3v) is 4.16. The molecule has 0 spiro atoms. The third-order valence-electron chi connectivity index (χ3n) is 4.16. The fraction of sp³-hybridized carbons (Fsp3) is 0.130. The van der Waals surface area contributed by atoms with Crippen molar-refractivity contribution in [2.24, 2.45) is 0 Å². The summed E-state index contributed by atoms with van der Waals surface area (Å²) in [6.45, 7) is 6.63. The molecule has 0 heterocycles. The Bertz CT molecular complexity index is 753. The summed E-state index contributed by atoms with van der Waals surface area (Å²) in [5, 5.41) is 0. The molecule has 0 aromatic heterocycles. The normalized spacial score (nSPS) is 10.8. The van der Waals surface area contributed by atoms with Gasteiger partial charge in [0.2, 0.25) is 0 Å². The Morgan fingerprint density at radius 1 is 0.720 bits per heavy atom. The molecular formula is C23H22FN. The minimum Gasteiger partial charge on any atom is -0.291 e. The Hall–Kier alpha value is -2.71. The van der Waals surface area contributed by atoms with Gasteiger partial charge in [-0.25, -0.2) is 4.39 Å². The van der Waals surface area contributed by atoms with Crippen molar-refractivity contribution in [3.63, 3.8) is 0 Å². The van der Waals surface area contributed by atoms with Crippen molar-refractivity contribution in [2.45, 2.75) is 13.1 Å². The summed E-state index contributed by atoms with van der Waals surface area (Å²) in [4.78, 5) is 2.36. The van der Waals surface area contributed by atoms with Crippen LogP contribution in [-0.4, -0.2) is 11.4 Å². The topological polar surface area (TPSA) is 3.24 Å². The summed E-state index contributed by atoms with van der Waals surface area (Å²) in [6, 6.07) is 27.4. The van der Waals surface area contributed by atoms with Gasteiger partial charge in [0.05, 0.1) is 0 Å². The quantitative estimate of drug-likeness (QED) is 0.549. The lowest BCUT2D eigenvalue weighted by molar-refractivity contribution is 0.290. The van der Waals surface area contributed by atoms with Crippen LogP contribution in [0.1, 0.15) is 16.7 Å². The molecule has 0 aliphatic carbocycles. The first-order valence-electron chi connectivity index (χ1n) is 8.44. The largest absolute Gasteiger partial charge is 0.291 e. The van der Waals surface area contributed by atoms with E-state index in [1.54, 1.807) is 12.1 Å². The van der Waals surface area contributed by atoms with Gasteiger partial charge >= 0.3 is 0 Å². The van der Waals surface area contributed by atoms with Crippen LogP contribution in [-0.2, 0) is 13.1 Å². The number of halogens is 1. The van der Waals surface area contributed by atoms with Gasteiger partial charge in [0.25, 0.3) is 0 Å². The van der Waals surface area contributed by atoms with Gasteiger partial charge in [0.15, 0.2) is 0 Å². The summed E-state index contributed by atoms with van der Waals surface area (Å²) in [5.74, 6) is -0.220. The highest BCUT2D eigenvalue weighted by Crippen LogP contribution is 2.18. The Morgan fingerprint density at radius 2 is 1.20 bits per heavy atom. The summed E-state index contributed by atoms with van der Waals surface area (Å²) in [5.41, 5.74) is 4.51. The van der Waals surface area contributed by atoms with Gasteiger partial charge < -0.3 is 0 Å². The first-order chi connectivity index (χ1) is 12.2. The van der Waals surface area contributed by atoms with Crippen molar-refractivity contribution in [1.29, 1.82) is 0 Å². The molecule has 1 nitrogen and oxygen atoms in total. The summed E-state index contributed by atoms with van der Waals surface area (Å²) < 4.78 is 13.1. The predicted molar refractivity (Wildman–Crippen MR) is 102 cm³/mol. The Balaban J connectivity index is 1.75. The molecular weight excluding hydrogens is 309 g/mol. The van der Waals surface area contributed by atoms with Gasteiger partial charge in [-0.3, -0.25) is 4.90 Å². The Labute approximate surface area is 149 Å². The van der Waals surface area contributed by atoms with Crippen LogP contribution in [0.25, 0.3) is 5.57 Å². The highest BCUT2D eigenvalue weighted by molar-refractivity contribution is 5.64. The van der Waals surface area contributed by atoms with Gasteiger partial charge in [-0.2, -0.15) is 0 Å². The van der Waals surface area contributed by atoms with Gasteiger partial charge in [0, 0.05) is 19.6 Å². The minimum atomic E-state index is -0.220. The van der Waals surface area contributed by atoms with Crippen molar-refractivity contribution in [1.82, 2.24) is 4.90 Å². The van der Waals surface area contributed by atoms with Gasteiger partial charge in [-0.15, -0.1) is 0 Å². The van der Waals surface area contributed by atoms with Crippen LogP contribution in [0.5, 0.6) is 0 Å². The molecule has 0 atom stereocenters. The smallest absolute Gasteiger partial charge is 0.123 e. The predicted octanol–water partition coefficient (Wildman–Crippen LogP) is 5.54. The molecule has 0 bridgehead atoms. The molecule has 126 valence electrons.